The average molecular weight is 220 g/mol. The molecule has 0 aromatic carbocycles. The number of aromatic nitrogens is 1. The fraction of sp³-hybridized carbons (Fsp3) is 0.250. The second kappa shape index (κ2) is 3.85. The van der Waals surface area contributed by atoms with E-state index in [-0.39, 0.29) is 5.56 Å². The molecular formula is C8H7F3N2O2. The molecule has 1 rings (SSSR count). The summed E-state index contributed by atoms with van der Waals surface area (Å²) in [6.45, 7) is 0. The maximum absolute atomic E-state index is 12.1. The van der Waals surface area contributed by atoms with Crippen molar-refractivity contribution in [3.63, 3.8) is 0 Å². The third-order valence-electron chi connectivity index (χ3n) is 1.70. The minimum atomic E-state index is -4.54. The number of nitrogens with zero attached hydrogens (tertiary/aromatic N) is 1. The summed E-state index contributed by atoms with van der Waals surface area (Å²) in [5, 5.41) is 8.49. The van der Waals surface area contributed by atoms with E-state index in [1.807, 2.05) is 0 Å². The molecule has 3 N–H and O–H groups in total. The largest absolute Gasteiger partial charge is 0.480 e. The topological polar surface area (TPSA) is 76.2 Å². The van der Waals surface area contributed by atoms with E-state index < -0.39 is 23.9 Å². The van der Waals surface area contributed by atoms with Gasteiger partial charge in [0.15, 0.2) is 0 Å². The first-order chi connectivity index (χ1) is 6.82. The molecule has 0 spiro atoms. The van der Waals surface area contributed by atoms with E-state index in [1.54, 1.807) is 0 Å². The van der Waals surface area contributed by atoms with Gasteiger partial charge in [-0.25, -0.2) is 0 Å². The van der Waals surface area contributed by atoms with Gasteiger partial charge in [0.25, 0.3) is 0 Å². The first-order valence-corrected chi connectivity index (χ1v) is 3.84. The Hall–Kier alpha value is -1.63. The molecule has 0 saturated heterocycles. The van der Waals surface area contributed by atoms with Crippen LogP contribution in [0.5, 0.6) is 0 Å². The monoisotopic (exact) mass is 220 g/mol. The lowest BCUT2D eigenvalue weighted by Crippen LogP contribution is -2.21. The molecule has 0 aliphatic heterocycles. The number of rotatable bonds is 2. The Bertz CT molecular complexity index is 361. The smallest absolute Gasteiger partial charge is 0.433 e. The normalized spacial score (nSPS) is 13.6. The van der Waals surface area contributed by atoms with Crippen LogP contribution in [-0.2, 0) is 11.0 Å². The van der Waals surface area contributed by atoms with Gasteiger partial charge in [0.2, 0.25) is 0 Å². The number of hydrogen-bond donors (Lipinski definition) is 2. The van der Waals surface area contributed by atoms with Gasteiger partial charge >= 0.3 is 12.1 Å². The number of nitrogens with two attached hydrogens (primary N) is 1. The van der Waals surface area contributed by atoms with Crippen LogP contribution in [0.15, 0.2) is 18.3 Å². The lowest BCUT2D eigenvalue weighted by molar-refractivity contribution is -0.141. The van der Waals surface area contributed by atoms with Crippen LogP contribution in [0.3, 0.4) is 0 Å². The second-order valence-corrected chi connectivity index (χ2v) is 2.79. The molecule has 0 bridgehead atoms. The fourth-order valence-electron chi connectivity index (χ4n) is 0.900. The van der Waals surface area contributed by atoms with E-state index in [9.17, 15) is 18.0 Å². The molecule has 1 heterocycles. The highest BCUT2D eigenvalue weighted by atomic mass is 19.4. The minimum Gasteiger partial charge on any atom is -0.480 e. The van der Waals surface area contributed by atoms with Crippen molar-refractivity contribution in [3.05, 3.63) is 29.6 Å². The number of pyridine rings is 1. The highest BCUT2D eigenvalue weighted by Gasteiger charge is 2.32. The summed E-state index contributed by atoms with van der Waals surface area (Å²) in [7, 11) is 0. The van der Waals surface area contributed by atoms with Crippen molar-refractivity contribution >= 4 is 5.97 Å². The summed E-state index contributed by atoms with van der Waals surface area (Å²) in [6, 6.07) is 0.326. The molecule has 1 aromatic rings. The zero-order valence-electron chi connectivity index (χ0n) is 7.32. The van der Waals surface area contributed by atoms with Crippen LogP contribution in [0.2, 0.25) is 0 Å². The van der Waals surface area contributed by atoms with Crippen LogP contribution in [0.4, 0.5) is 13.2 Å². The average Bonchev–Trinajstić information content (AvgIpc) is 2.15. The standard InChI is InChI=1S/C8H7F3N2O2/c9-8(10,11)5-2-1-4(3-13-5)6(12)7(14)15/h1-3,6H,12H2,(H,14,15)/t6-/m1/s1. The highest BCUT2D eigenvalue weighted by molar-refractivity contribution is 5.74. The number of alkyl halides is 3. The molecule has 0 fully saturated rings. The van der Waals surface area contributed by atoms with Gasteiger partial charge in [-0.1, -0.05) is 6.07 Å². The molecule has 0 aliphatic rings. The summed E-state index contributed by atoms with van der Waals surface area (Å²) >= 11 is 0. The Kier molecular flexibility index (Phi) is 2.94. The zero-order valence-corrected chi connectivity index (χ0v) is 7.32. The maximum Gasteiger partial charge on any atom is 0.433 e. The van der Waals surface area contributed by atoms with E-state index in [1.165, 1.54) is 0 Å². The van der Waals surface area contributed by atoms with Crippen molar-refractivity contribution in [2.75, 3.05) is 0 Å². The Balaban J connectivity index is 2.95. The number of carbonyl (C=O) groups is 1. The van der Waals surface area contributed by atoms with E-state index >= 15 is 0 Å². The number of aliphatic carboxylic acids is 1. The molecule has 7 heteroatoms. The molecule has 4 nitrogen and oxygen atoms in total. The number of hydrogen-bond acceptors (Lipinski definition) is 3. The summed E-state index contributed by atoms with van der Waals surface area (Å²) in [6.07, 6.45) is -3.73. The lowest BCUT2D eigenvalue weighted by Gasteiger charge is -2.08. The maximum atomic E-state index is 12.1. The molecule has 1 atom stereocenters. The number of carboxylic acid groups (broad SMARTS) is 1. The van der Waals surface area contributed by atoms with Crippen molar-refractivity contribution in [2.45, 2.75) is 12.2 Å². The summed E-state index contributed by atoms with van der Waals surface area (Å²) in [5.41, 5.74) is 4.12. The predicted octanol–water partition coefficient (Wildman–Crippen LogP) is 1.18. The van der Waals surface area contributed by atoms with Gasteiger partial charge in [-0.3, -0.25) is 9.78 Å². The zero-order chi connectivity index (χ0) is 11.6. The van der Waals surface area contributed by atoms with E-state index in [2.05, 4.69) is 4.98 Å². The third kappa shape index (κ3) is 2.66. The lowest BCUT2D eigenvalue weighted by atomic mass is 10.1. The fourth-order valence-corrected chi connectivity index (χ4v) is 0.900. The molecule has 0 radical (unpaired) electrons. The number of carboxylic acids is 1. The predicted molar refractivity (Wildman–Crippen MR) is 43.8 cm³/mol. The van der Waals surface area contributed by atoms with E-state index in [4.69, 9.17) is 10.8 Å². The van der Waals surface area contributed by atoms with Crippen LogP contribution in [-0.4, -0.2) is 16.1 Å². The van der Waals surface area contributed by atoms with Crippen LogP contribution in [0.25, 0.3) is 0 Å². The molecule has 0 amide bonds. The Morgan fingerprint density at radius 3 is 2.40 bits per heavy atom. The van der Waals surface area contributed by atoms with Gasteiger partial charge in [0.1, 0.15) is 11.7 Å². The molecule has 15 heavy (non-hydrogen) atoms. The quantitative estimate of drug-likeness (QED) is 0.784. The Morgan fingerprint density at radius 2 is 2.07 bits per heavy atom. The number of halogens is 3. The first-order valence-electron chi connectivity index (χ1n) is 3.84. The highest BCUT2D eigenvalue weighted by Crippen LogP contribution is 2.27. The van der Waals surface area contributed by atoms with Gasteiger partial charge in [0, 0.05) is 6.20 Å². The summed E-state index contributed by atoms with van der Waals surface area (Å²) in [4.78, 5) is 13.5. The van der Waals surface area contributed by atoms with Crippen LogP contribution >= 0.6 is 0 Å². The minimum absolute atomic E-state index is 0.0236. The first kappa shape index (κ1) is 11.4. The van der Waals surface area contributed by atoms with Gasteiger partial charge in [-0.15, -0.1) is 0 Å². The molecule has 0 saturated carbocycles. The Morgan fingerprint density at radius 1 is 1.47 bits per heavy atom. The second-order valence-electron chi connectivity index (χ2n) is 2.79. The molecule has 1 aromatic heterocycles. The summed E-state index contributed by atoms with van der Waals surface area (Å²) in [5.74, 6) is -1.32. The molecular weight excluding hydrogens is 213 g/mol. The van der Waals surface area contributed by atoms with Gasteiger partial charge < -0.3 is 10.8 Å². The van der Waals surface area contributed by atoms with Crippen LogP contribution in [0, 0.1) is 0 Å². The van der Waals surface area contributed by atoms with E-state index in [0.29, 0.717) is 6.07 Å². The van der Waals surface area contributed by atoms with Crippen LogP contribution in [0.1, 0.15) is 17.3 Å². The summed E-state index contributed by atoms with van der Waals surface area (Å²) < 4.78 is 36.2. The molecule has 0 aliphatic carbocycles. The van der Waals surface area contributed by atoms with Crippen molar-refractivity contribution < 1.29 is 23.1 Å². The van der Waals surface area contributed by atoms with E-state index in [0.717, 1.165) is 12.3 Å². The van der Waals surface area contributed by atoms with Crippen molar-refractivity contribution in [1.29, 1.82) is 0 Å². The third-order valence-corrected chi connectivity index (χ3v) is 1.70. The van der Waals surface area contributed by atoms with Crippen LogP contribution < -0.4 is 5.73 Å². The van der Waals surface area contributed by atoms with Gasteiger partial charge in [0.05, 0.1) is 0 Å². The molecule has 0 unspecified atom stereocenters. The Labute approximate surface area is 82.5 Å². The SMILES string of the molecule is N[C@@H](C(=O)O)c1ccc(C(F)(F)F)nc1. The van der Waals surface area contributed by atoms with Crippen molar-refractivity contribution in [2.24, 2.45) is 5.73 Å². The van der Waals surface area contributed by atoms with Crippen molar-refractivity contribution in [3.8, 4) is 0 Å². The van der Waals surface area contributed by atoms with Gasteiger partial charge in [-0.2, -0.15) is 13.2 Å². The molecule has 82 valence electrons. The van der Waals surface area contributed by atoms with Crippen molar-refractivity contribution in [1.82, 2.24) is 4.98 Å². The van der Waals surface area contributed by atoms with Gasteiger partial charge in [-0.05, 0) is 11.6 Å².